The summed E-state index contributed by atoms with van der Waals surface area (Å²) in [6.07, 6.45) is 6.11. The van der Waals surface area contributed by atoms with E-state index in [1.54, 1.807) is 0 Å². The minimum absolute atomic E-state index is 0.135. The Morgan fingerprint density at radius 3 is 2.56 bits per heavy atom. The Morgan fingerprint density at radius 2 is 2.00 bits per heavy atom. The third-order valence-corrected chi connectivity index (χ3v) is 3.53. The van der Waals surface area contributed by atoms with Crippen LogP contribution in [0.2, 0.25) is 0 Å². The van der Waals surface area contributed by atoms with Crippen LogP contribution in [0.4, 0.5) is 5.82 Å². The summed E-state index contributed by atoms with van der Waals surface area (Å²) in [5.74, 6) is 1.48. The summed E-state index contributed by atoms with van der Waals surface area (Å²) in [4.78, 5) is 0. The first-order chi connectivity index (χ1) is 8.54. The van der Waals surface area contributed by atoms with Gasteiger partial charge in [-0.3, -0.25) is 0 Å². The topological polar surface area (TPSA) is 63.8 Å². The average molecular weight is 248 g/mol. The molecule has 4 nitrogen and oxygen atoms in total. The first-order valence-corrected chi connectivity index (χ1v) is 6.91. The number of nitrogens with two attached hydrogens (primary N) is 1. The number of rotatable bonds is 5. The number of nitrogens with zero attached hydrogens (tertiary/aromatic N) is 2. The van der Waals surface area contributed by atoms with Crippen molar-refractivity contribution in [1.29, 1.82) is 0 Å². The number of hydrogen-bond acceptors (Lipinski definition) is 4. The van der Waals surface area contributed by atoms with Crippen LogP contribution in [0.5, 0.6) is 0 Å². The second-order valence-electron chi connectivity index (χ2n) is 5.99. The van der Waals surface area contributed by atoms with Crippen molar-refractivity contribution in [1.82, 2.24) is 10.2 Å². The smallest absolute Gasteiger partial charge is 0.148 e. The number of aromatic nitrogens is 2. The summed E-state index contributed by atoms with van der Waals surface area (Å²) in [5, 5.41) is 11.8. The Balaban J connectivity index is 1.84. The van der Waals surface area contributed by atoms with E-state index >= 15 is 0 Å². The summed E-state index contributed by atoms with van der Waals surface area (Å²) in [7, 11) is 0. The molecule has 4 heteroatoms. The molecule has 100 valence electrons. The van der Waals surface area contributed by atoms with Gasteiger partial charge in [0.2, 0.25) is 0 Å². The van der Waals surface area contributed by atoms with Gasteiger partial charge in [0, 0.05) is 18.0 Å². The lowest BCUT2D eigenvalue weighted by Crippen LogP contribution is -2.34. The average Bonchev–Trinajstić information content (AvgIpc) is 2.82. The minimum Gasteiger partial charge on any atom is -0.369 e. The first kappa shape index (κ1) is 13.3. The van der Waals surface area contributed by atoms with Gasteiger partial charge in [0.05, 0.1) is 5.69 Å². The van der Waals surface area contributed by atoms with Gasteiger partial charge >= 0.3 is 0 Å². The summed E-state index contributed by atoms with van der Waals surface area (Å²) in [5.41, 5.74) is 6.95. The van der Waals surface area contributed by atoms with Crippen molar-refractivity contribution in [2.24, 2.45) is 5.73 Å². The van der Waals surface area contributed by atoms with Gasteiger partial charge in [-0.1, -0.05) is 12.8 Å². The molecule has 0 spiro atoms. The zero-order chi connectivity index (χ0) is 13.0. The minimum atomic E-state index is -0.135. The molecule has 0 saturated heterocycles. The van der Waals surface area contributed by atoms with E-state index in [0.717, 1.165) is 24.5 Å². The molecule has 0 amide bonds. The van der Waals surface area contributed by atoms with E-state index in [2.05, 4.69) is 21.6 Å². The molecule has 0 radical (unpaired) electrons. The summed E-state index contributed by atoms with van der Waals surface area (Å²) < 4.78 is 0. The standard InChI is InChI=1S/C14H24N4/c1-14(2,15)9-10-16-13-8-7-12(17-18-13)11-5-3-4-6-11/h7-8,11H,3-6,9-10,15H2,1-2H3,(H,16,18). The molecule has 1 aromatic heterocycles. The zero-order valence-corrected chi connectivity index (χ0v) is 11.4. The van der Waals surface area contributed by atoms with Crippen LogP contribution in [0.15, 0.2) is 12.1 Å². The molecule has 1 saturated carbocycles. The van der Waals surface area contributed by atoms with Gasteiger partial charge in [0.15, 0.2) is 0 Å². The van der Waals surface area contributed by atoms with Gasteiger partial charge in [0.1, 0.15) is 5.82 Å². The highest BCUT2D eigenvalue weighted by Gasteiger charge is 2.18. The maximum atomic E-state index is 5.93. The highest BCUT2D eigenvalue weighted by Crippen LogP contribution is 2.32. The third kappa shape index (κ3) is 3.95. The maximum Gasteiger partial charge on any atom is 0.148 e. The van der Waals surface area contributed by atoms with Crippen molar-refractivity contribution in [3.05, 3.63) is 17.8 Å². The highest BCUT2D eigenvalue weighted by molar-refractivity contribution is 5.33. The van der Waals surface area contributed by atoms with Crippen molar-refractivity contribution >= 4 is 5.82 Å². The molecule has 0 bridgehead atoms. The highest BCUT2D eigenvalue weighted by atomic mass is 15.2. The predicted octanol–water partition coefficient (Wildman–Crippen LogP) is 2.67. The molecule has 0 aliphatic heterocycles. The van der Waals surface area contributed by atoms with E-state index in [4.69, 9.17) is 5.73 Å². The largest absolute Gasteiger partial charge is 0.369 e. The van der Waals surface area contributed by atoms with Crippen LogP contribution in [-0.2, 0) is 0 Å². The summed E-state index contributed by atoms with van der Waals surface area (Å²) >= 11 is 0. The Bertz CT molecular complexity index is 360. The normalized spacial score (nSPS) is 17.1. The molecule has 2 rings (SSSR count). The van der Waals surface area contributed by atoms with E-state index in [1.807, 2.05) is 19.9 Å². The first-order valence-electron chi connectivity index (χ1n) is 6.91. The lowest BCUT2D eigenvalue weighted by atomic mass is 10.0. The van der Waals surface area contributed by atoms with E-state index in [0.29, 0.717) is 5.92 Å². The summed E-state index contributed by atoms with van der Waals surface area (Å²) in [6, 6.07) is 4.14. The number of nitrogens with one attached hydrogen (secondary N) is 1. The molecule has 1 aliphatic rings. The Kier molecular flexibility index (Phi) is 4.17. The maximum absolute atomic E-state index is 5.93. The molecule has 0 unspecified atom stereocenters. The van der Waals surface area contributed by atoms with Gasteiger partial charge in [0.25, 0.3) is 0 Å². The van der Waals surface area contributed by atoms with Crippen LogP contribution < -0.4 is 11.1 Å². The van der Waals surface area contributed by atoms with E-state index < -0.39 is 0 Å². The van der Waals surface area contributed by atoms with Crippen molar-refractivity contribution in [3.8, 4) is 0 Å². The van der Waals surface area contributed by atoms with Crippen molar-refractivity contribution in [2.75, 3.05) is 11.9 Å². The molecule has 1 aliphatic carbocycles. The third-order valence-electron chi connectivity index (χ3n) is 3.53. The molecule has 0 aromatic carbocycles. The second kappa shape index (κ2) is 5.65. The van der Waals surface area contributed by atoms with E-state index in [9.17, 15) is 0 Å². The fraction of sp³-hybridized carbons (Fsp3) is 0.714. The van der Waals surface area contributed by atoms with Crippen LogP contribution >= 0.6 is 0 Å². The molecule has 0 atom stereocenters. The van der Waals surface area contributed by atoms with Crippen LogP contribution in [-0.4, -0.2) is 22.3 Å². The fourth-order valence-electron chi connectivity index (χ4n) is 2.39. The van der Waals surface area contributed by atoms with Crippen molar-refractivity contribution < 1.29 is 0 Å². The molecule has 1 heterocycles. The molecule has 1 aromatic rings. The SMILES string of the molecule is CC(C)(N)CCNc1ccc(C2CCCC2)nn1. The number of anilines is 1. The Labute approximate surface area is 109 Å². The monoisotopic (exact) mass is 248 g/mol. The Hall–Kier alpha value is -1.16. The van der Waals surface area contributed by atoms with Crippen molar-refractivity contribution in [3.63, 3.8) is 0 Å². The molecule has 1 fully saturated rings. The fourth-order valence-corrected chi connectivity index (χ4v) is 2.39. The quantitative estimate of drug-likeness (QED) is 0.841. The molecular weight excluding hydrogens is 224 g/mol. The van der Waals surface area contributed by atoms with Crippen LogP contribution in [0.25, 0.3) is 0 Å². The van der Waals surface area contributed by atoms with Crippen LogP contribution in [0.3, 0.4) is 0 Å². The van der Waals surface area contributed by atoms with Crippen LogP contribution in [0, 0.1) is 0 Å². The van der Waals surface area contributed by atoms with Gasteiger partial charge in [-0.2, -0.15) is 5.10 Å². The van der Waals surface area contributed by atoms with E-state index in [-0.39, 0.29) is 5.54 Å². The van der Waals surface area contributed by atoms with E-state index in [1.165, 1.54) is 25.7 Å². The van der Waals surface area contributed by atoms with Gasteiger partial charge in [-0.25, -0.2) is 0 Å². The lowest BCUT2D eigenvalue weighted by Gasteiger charge is -2.18. The van der Waals surface area contributed by atoms with Gasteiger partial charge in [-0.15, -0.1) is 5.10 Å². The molecular formula is C14H24N4. The predicted molar refractivity (Wildman–Crippen MR) is 74.6 cm³/mol. The van der Waals surface area contributed by atoms with Gasteiger partial charge in [-0.05, 0) is 45.2 Å². The zero-order valence-electron chi connectivity index (χ0n) is 11.4. The second-order valence-corrected chi connectivity index (χ2v) is 5.99. The Morgan fingerprint density at radius 1 is 1.28 bits per heavy atom. The number of hydrogen-bond donors (Lipinski definition) is 2. The molecule has 3 N–H and O–H groups in total. The van der Waals surface area contributed by atoms with Crippen LogP contribution in [0.1, 0.15) is 57.6 Å². The van der Waals surface area contributed by atoms with Gasteiger partial charge < -0.3 is 11.1 Å². The lowest BCUT2D eigenvalue weighted by molar-refractivity contribution is 0.490. The van der Waals surface area contributed by atoms with Crippen molar-refractivity contribution in [2.45, 2.75) is 57.4 Å². The molecule has 18 heavy (non-hydrogen) atoms. The summed E-state index contributed by atoms with van der Waals surface area (Å²) in [6.45, 7) is 4.90.